The Morgan fingerprint density at radius 2 is 1.90 bits per heavy atom. The number of nitrogens with one attached hydrogen (secondary N) is 1. The fourth-order valence-corrected chi connectivity index (χ4v) is 3.54. The minimum absolute atomic E-state index is 0.199. The number of hydrogen-bond acceptors (Lipinski definition) is 1. The highest BCUT2D eigenvalue weighted by Gasteiger charge is 2.38. The number of aromatic amines is 1. The van der Waals surface area contributed by atoms with Crippen molar-refractivity contribution < 1.29 is 9.90 Å². The molecule has 0 aliphatic heterocycles. The van der Waals surface area contributed by atoms with E-state index in [1.807, 2.05) is 18.2 Å². The largest absolute Gasteiger partial charge is 0.478 e. The van der Waals surface area contributed by atoms with E-state index in [2.05, 4.69) is 31.0 Å². The number of carboxylic acids is 1. The van der Waals surface area contributed by atoms with Crippen LogP contribution < -0.4 is 0 Å². The molecular weight excluding hydrogens is 262 g/mol. The number of benzene rings is 2. The van der Waals surface area contributed by atoms with E-state index in [0.717, 1.165) is 22.3 Å². The second-order valence-electron chi connectivity index (χ2n) is 6.11. The molecule has 1 heterocycles. The van der Waals surface area contributed by atoms with Crippen molar-refractivity contribution >= 4 is 16.9 Å². The zero-order valence-electron chi connectivity index (χ0n) is 11.9. The van der Waals surface area contributed by atoms with Crippen molar-refractivity contribution in [2.75, 3.05) is 0 Å². The number of hydrogen-bond donors (Lipinski definition) is 2. The summed E-state index contributed by atoms with van der Waals surface area (Å²) in [5.74, 6) is -0.881. The zero-order valence-corrected chi connectivity index (χ0v) is 11.9. The first-order valence-electron chi connectivity index (χ1n) is 6.99. The molecule has 21 heavy (non-hydrogen) atoms. The maximum atomic E-state index is 11.2. The van der Waals surface area contributed by atoms with Gasteiger partial charge in [-0.1, -0.05) is 38.1 Å². The molecule has 4 rings (SSSR count). The van der Waals surface area contributed by atoms with E-state index in [9.17, 15) is 9.90 Å². The molecule has 2 aromatic carbocycles. The van der Waals surface area contributed by atoms with Crippen LogP contribution in [0.3, 0.4) is 0 Å². The standard InChI is InChI=1S/C18H15NO2/c1-18(2)13-9-10(17(20)21)7-8-11(13)16-15(18)12-5-3-4-6-14(12)19-16/h3-9,19H,1-2H3,(H,20,21). The molecule has 1 aromatic heterocycles. The van der Waals surface area contributed by atoms with Crippen molar-refractivity contribution in [1.29, 1.82) is 0 Å². The lowest BCUT2D eigenvalue weighted by Crippen LogP contribution is -2.15. The molecule has 0 saturated carbocycles. The molecule has 0 bridgehead atoms. The predicted octanol–water partition coefficient (Wildman–Crippen LogP) is 4.17. The normalized spacial score (nSPS) is 15.0. The van der Waals surface area contributed by atoms with Gasteiger partial charge in [0.1, 0.15) is 0 Å². The molecular formula is C18H15NO2. The van der Waals surface area contributed by atoms with Crippen molar-refractivity contribution in [2.24, 2.45) is 0 Å². The van der Waals surface area contributed by atoms with Crippen LogP contribution >= 0.6 is 0 Å². The molecule has 3 aromatic rings. The van der Waals surface area contributed by atoms with Gasteiger partial charge in [-0.25, -0.2) is 4.79 Å². The van der Waals surface area contributed by atoms with Crippen molar-refractivity contribution in [3.05, 3.63) is 59.2 Å². The Labute approximate surface area is 122 Å². The third-order valence-electron chi connectivity index (χ3n) is 4.54. The topological polar surface area (TPSA) is 53.1 Å². The number of carbonyl (C=O) groups is 1. The molecule has 0 spiro atoms. The maximum absolute atomic E-state index is 11.2. The first kappa shape index (κ1) is 12.2. The lowest BCUT2D eigenvalue weighted by Gasteiger charge is -2.21. The fraction of sp³-hybridized carbons (Fsp3) is 0.167. The minimum atomic E-state index is -0.881. The van der Waals surface area contributed by atoms with Gasteiger partial charge in [0.05, 0.1) is 11.3 Å². The summed E-state index contributed by atoms with van der Waals surface area (Å²) in [6.45, 7) is 4.31. The summed E-state index contributed by atoms with van der Waals surface area (Å²) in [5, 5.41) is 10.4. The summed E-state index contributed by atoms with van der Waals surface area (Å²) < 4.78 is 0. The number of aromatic carboxylic acids is 1. The third-order valence-corrected chi connectivity index (χ3v) is 4.54. The highest BCUT2D eigenvalue weighted by molar-refractivity contribution is 5.98. The summed E-state index contributed by atoms with van der Waals surface area (Å²) in [6.07, 6.45) is 0. The van der Waals surface area contributed by atoms with Gasteiger partial charge in [-0.15, -0.1) is 0 Å². The van der Waals surface area contributed by atoms with Gasteiger partial charge in [0, 0.05) is 21.9 Å². The molecule has 0 fully saturated rings. The van der Waals surface area contributed by atoms with E-state index in [1.165, 1.54) is 10.9 Å². The van der Waals surface area contributed by atoms with Crippen LogP contribution in [-0.4, -0.2) is 16.1 Å². The van der Waals surface area contributed by atoms with Gasteiger partial charge in [-0.05, 0) is 29.3 Å². The highest BCUT2D eigenvalue weighted by atomic mass is 16.4. The van der Waals surface area contributed by atoms with Gasteiger partial charge in [-0.3, -0.25) is 0 Å². The Kier molecular flexibility index (Phi) is 2.18. The summed E-state index contributed by atoms with van der Waals surface area (Å²) in [7, 11) is 0. The van der Waals surface area contributed by atoms with E-state index in [4.69, 9.17) is 0 Å². The van der Waals surface area contributed by atoms with Crippen LogP contribution in [0, 0.1) is 0 Å². The van der Waals surface area contributed by atoms with Gasteiger partial charge in [0.25, 0.3) is 0 Å². The Morgan fingerprint density at radius 3 is 2.67 bits per heavy atom. The summed E-state index contributed by atoms with van der Waals surface area (Å²) >= 11 is 0. The molecule has 3 nitrogen and oxygen atoms in total. The summed E-state index contributed by atoms with van der Waals surface area (Å²) in [6, 6.07) is 13.7. The van der Waals surface area contributed by atoms with Crippen LogP contribution in [0.5, 0.6) is 0 Å². The van der Waals surface area contributed by atoms with Crippen molar-refractivity contribution in [1.82, 2.24) is 4.98 Å². The number of H-pyrrole nitrogens is 1. The second-order valence-corrected chi connectivity index (χ2v) is 6.11. The van der Waals surface area contributed by atoms with Gasteiger partial charge < -0.3 is 10.1 Å². The molecule has 1 aliphatic carbocycles. The Bertz CT molecular complexity index is 903. The molecule has 0 saturated heterocycles. The number of rotatable bonds is 1. The first-order valence-corrected chi connectivity index (χ1v) is 6.99. The van der Waals surface area contributed by atoms with Gasteiger partial charge in [0.2, 0.25) is 0 Å². The van der Waals surface area contributed by atoms with E-state index in [1.54, 1.807) is 12.1 Å². The molecule has 0 atom stereocenters. The molecule has 0 unspecified atom stereocenters. The van der Waals surface area contributed by atoms with E-state index in [0.29, 0.717) is 5.56 Å². The number of para-hydroxylation sites is 1. The van der Waals surface area contributed by atoms with Crippen LogP contribution in [-0.2, 0) is 5.41 Å². The average Bonchev–Trinajstić information content (AvgIpc) is 2.94. The molecule has 3 heteroatoms. The van der Waals surface area contributed by atoms with Crippen molar-refractivity contribution in [3.63, 3.8) is 0 Å². The fourth-order valence-electron chi connectivity index (χ4n) is 3.54. The maximum Gasteiger partial charge on any atom is 0.335 e. The summed E-state index contributed by atoms with van der Waals surface area (Å²) in [4.78, 5) is 14.7. The Hall–Kier alpha value is -2.55. The van der Waals surface area contributed by atoms with Crippen molar-refractivity contribution in [3.8, 4) is 11.3 Å². The zero-order chi connectivity index (χ0) is 14.8. The molecule has 1 aliphatic rings. The first-order chi connectivity index (χ1) is 10.00. The van der Waals surface area contributed by atoms with Gasteiger partial charge in [0.15, 0.2) is 0 Å². The molecule has 104 valence electrons. The van der Waals surface area contributed by atoms with E-state index in [-0.39, 0.29) is 5.41 Å². The number of aromatic nitrogens is 1. The Balaban J connectivity index is 2.08. The highest BCUT2D eigenvalue weighted by Crippen LogP contribution is 2.51. The Morgan fingerprint density at radius 1 is 1.14 bits per heavy atom. The minimum Gasteiger partial charge on any atom is -0.478 e. The van der Waals surface area contributed by atoms with Crippen LogP contribution in [0.25, 0.3) is 22.2 Å². The van der Waals surface area contributed by atoms with Crippen LogP contribution in [0.1, 0.15) is 35.3 Å². The summed E-state index contributed by atoms with van der Waals surface area (Å²) in [5.41, 5.74) is 5.84. The molecule has 0 amide bonds. The molecule has 0 radical (unpaired) electrons. The van der Waals surface area contributed by atoms with Crippen LogP contribution in [0.2, 0.25) is 0 Å². The lowest BCUT2D eigenvalue weighted by molar-refractivity contribution is 0.0697. The van der Waals surface area contributed by atoms with E-state index >= 15 is 0 Å². The quantitative estimate of drug-likeness (QED) is 0.701. The van der Waals surface area contributed by atoms with Gasteiger partial charge >= 0.3 is 5.97 Å². The SMILES string of the molecule is CC1(C)c2cc(C(=O)O)ccc2-c2[nH]c3ccccc3c21. The smallest absolute Gasteiger partial charge is 0.335 e. The third kappa shape index (κ3) is 1.46. The van der Waals surface area contributed by atoms with E-state index < -0.39 is 5.97 Å². The number of fused-ring (bicyclic) bond motifs is 5. The van der Waals surface area contributed by atoms with Crippen molar-refractivity contribution in [2.45, 2.75) is 19.3 Å². The van der Waals surface area contributed by atoms with Gasteiger partial charge in [-0.2, -0.15) is 0 Å². The van der Waals surface area contributed by atoms with Crippen LogP contribution in [0.4, 0.5) is 0 Å². The average molecular weight is 277 g/mol. The monoisotopic (exact) mass is 277 g/mol. The number of carboxylic acid groups (broad SMARTS) is 1. The second kappa shape index (κ2) is 3.76. The lowest BCUT2D eigenvalue weighted by atomic mass is 9.81. The predicted molar refractivity (Wildman–Crippen MR) is 82.8 cm³/mol. The molecule has 2 N–H and O–H groups in total. The van der Waals surface area contributed by atoms with Crippen LogP contribution in [0.15, 0.2) is 42.5 Å².